The highest BCUT2D eigenvalue weighted by molar-refractivity contribution is 7.93. The molecular weight excluding hydrogens is 659 g/mol. The number of hydrogen-bond donors (Lipinski definition) is 1. The predicted molar refractivity (Wildman–Crippen MR) is 197 cm³/mol. The first-order valence-electron chi connectivity index (χ1n) is 16.6. The molecule has 49 heavy (non-hydrogen) atoms. The van der Waals surface area contributed by atoms with E-state index in [9.17, 15) is 18.0 Å². The van der Waals surface area contributed by atoms with Crippen LogP contribution in [0.4, 0.5) is 17.1 Å². The lowest BCUT2D eigenvalue weighted by molar-refractivity contribution is 0.0600. The maximum atomic E-state index is 14.2. The highest BCUT2D eigenvalue weighted by atomic mass is 32.2. The Bertz CT molecular complexity index is 1860. The van der Waals surface area contributed by atoms with Gasteiger partial charge in [0.1, 0.15) is 4.90 Å². The van der Waals surface area contributed by atoms with Gasteiger partial charge in [-0.15, -0.1) is 11.3 Å². The summed E-state index contributed by atoms with van der Waals surface area (Å²) < 4.78 is 34.4. The molecule has 10 nitrogen and oxygen atoms in total. The lowest BCUT2D eigenvalue weighted by atomic mass is 10.1. The minimum Gasteiger partial charge on any atom is -0.465 e. The zero-order valence-electron chi connectivity index (χ0n) is 28.2. The Hall–Kier alpha value is -4.39. The van der Waals surface area contributed by atoms with Crippen LogP contribution in [0, 0.1) is 0 Å². The van der Waals surface area contributed by atoms with Crippen LogP contribution < -0.4 is 19.4 Å². The fourth-order valence-electron chi connectivity index (χ4n) is 6.23. The van der Waals surface area contributed by atoms with E-state index in [-0.39, 0.29) is 10.8 Å². The van der Waals surface area contributed by atoms with Gasteiger partial charge in [-0.25, -0.2) is 13.2 Å². The molecule has 0 unspecified atom stereocenters. The minimum absolute atomic E-state index is 0.0458. The molecule has 3 aromatic carbocycles. The van der Waals surface area contributed by atoms with Crippen molar-refractivity contribution < 1.29 is 22.7 Å². The molecule has 0 bridgehead atoms. The number of rotatable bonds is 10. The number of ether oxygens (including phenoxy) is 1. The van der Waals surface area contributed by atoms with Crippen molar-refractivity contribution in [2.75, 3.05) is 74.6 Å². The van der Waals surface area contributed by atoms with Crippen LogP contribution in [-0.2, 0) is 21.3 Å². The van der Waals surface area contributed by atoms with Gasteiger partial charge in [0, 0.05) is 64.2 Å². The molecule has 0 aliphatic carbocycles. The third-order valence-corrected chi connectivity index (χ3v) is 12.4. The summed E-state index contributed by atoms with van der Waals surface area (Å²) in [5, 5.41) is 2.99. The van der Waals surface area contributed by atoms with E-state index in [2.05, 4.69) is 39.2 Å². The van der Waals surface area contributed by atoms with Crippen LogP contribution in [0.25, 0.3) is 10.4 Å². The van der Waals surface area contributed by atoms with Crippen LogP contribution in [0.1, 0.15) is 44.9 Å². The molecule has 1 aromatic heterocycles. The summed E-state index contributed by atoms with van der Waals surface area (Å²) in [6.07, 6.45) is 3.54. The van der Waals surface area contributed by atoms with E-state index in [1.165, 1.54) is 43.1 Å². The first-order valence-corrected chi connectivity index (χ1v) is 18.9. The monoisotopic (exact) mass is 701 g/mol. The SMILES string of the molecule is COC(=O)c1ccc(N(C)S(=O)(=O)c2cc(C(=O)NCc3ccc(N4CCN(C)CC4)cc3)sc2-c2ccc(N3CCCCC3)cc2)cc1. The Morgan fingerprint density at radius 1 is 0.816 bits per heavy atom. The maximum absolute atomic E-state index is 14.2. The highest BCUT2D eigenvalue weighted by Crippen LogP contribution is 2.39. The van der Waals surface area contributed by atoms with Crippen molar-refractivity contribution in [3.8, 4) is 10.4 Å². The number of hydrogen-bond acceptors (Lipinski definition) is 9. The van der Waals surface area contributed by atoms with E-state index >= 15 is 0 Å². The normalized spacial score (nSPS) is 15.6. The Morgan fingerprint density at radius 3 is 2.02 bits per heavy atom. The topological polar surface area (TPSA) is 102 Å². The van der Waals surface area contributed by atoms with E-state index < -0.39 is 16.0 Å². The fourth-order valence-corrected chi connectivity index (χ4v) is 9.03. The predicted octanol–water partition coefficient (Wildman–Crippen LogP) is 5.70. The lowest BCUT2D eigenvalue weighted by Crippen LogP contribution is -2.44. The largest absolute Gasteiger partial charge is 0.465 e. The second-order valence-corrected chi connectivity index (χ2v) is 15.5. The number of sulfonamides is 1. The molecule has 2 aliphatic heterocycles. The van der Waals surface area contributed by atoms with E-state index in [1.807, 2.05) is 36.4 Å². The Morgan fingerprint density at radius 2 is 1.41 bits per heavy atom. The van der Waals surface area contributed by atoms with E-state index in [1.54, 1.807) is 12.1 Å². The molecule has 0 radical (unpaired) electrons. The molecule has 6 rings (SSSR count). The first-order chi connectivity index (χ1) is 23.6. The number of anilines is 3. The molecule has 12 heteroatoms. The van der Waals surface area contributed by atoms with Gasteiger partial charge >= 0.3 is 5.97 Å². The summed E-state index contributed by atoms with van der Waals surface area (Å²) in [5.41, 5.74) is 4.63. The van der Waals surface area contributed by atoms with Crippen LogP contribution >= 0.6 is 11.3 Å². The van der Waals surface area contributed by atoms with Gasteiger partial charge in [-0.1, -0.05) is 24.3 Å². The number of benzene rings is 3. The molecule has 0 spiro atoms. The molecule has 258 valence electrons. The molecule has 0 atom stereocenters. The second-order valence-electron chi connectivity index (χ2n) is 12.5. The van der Waals surface area contributed by atoms with E-state index in [0.717, 1.165) is 85.9 Å². The Balaban J connectivity index is 1.25. The van der Waals surface area contributed by atoms with Crippen molar-refractivity contribution in [2.24, 2.45) is 0 Å². The van der Waals surface area contributed by atoms with Crippen molar-refractivity contribution >= 4 is 50.3 Å². The standard InChI is InChI=1S/C37H43N5O5S2/c1-39-21-23-42(24-22-39)31-13-7-27(8-14-31)26-38-36(43)33-25-34(49(45,46)40(2)30-15-11-29(12-16-30)37(44)47-3)35(48-33)28-9-17-32(18-10-28)41-19-5-4-6-20-41/h7-18,25H,4-6,19-24,26H2,1-3H3,(H,38,43). The number of esters is 1. The average Bonchev–Trinajstić information content (AvgIpc) is 3.61. The quantitative estimate of drug-likeness (QED) is 0.210. The number of methoxy groups -OCH3 is 1. The molecule has 3 heterocycles. The van der Waals surface area contributed by atoms with Gasteiger partial charge < -0.3 is 24.8 Å². The van der Waals surface area contributed by atoms with Gasteiger partial charge in [0.15, 0.2) is 0 Å². The number of carbonyl (C=O) groups is 2. The third-order valence-electron chi connectivity index (χ3n) is 9.32. The van der Waals surface area contributed by atoms with Gasteiger partial charge in [0.2, 0.25) is 0 Å². The van der Waals surface area contributed by atoms with Gasteiger partial charge in [-0.3, -0.25) is 9.10 Å². The minimum atomic E-state index is -4.11. The van der Waals surface area contributed by atoms with Gasteiger partial charge in [0.25, 0.3) is 15.9 Å². The van der Waals surface area contributed by atoms with E-state index in [4.69, 9.17) is 4.74 Å². The number of piperidine rings is 1. The lowest BCUT2D eigenvalue weighted by Gasteiger charge is -2.34. The summed E-state index contributed by atoms with van der Waals surface area (Å²) in [4.78, 5) is 33.4. The van der Waals surface area contributed by atoms with Gasteiger partial charge in [0.05, 0.1) is 28.1 Å². The van der Waals surface area contributed by atoms with Crippen molar-refractivity contribution in [2.45, 2.75) is 30.7 Å². The molecule has 1 N–H and O–H groups in total. The number of amides is 1. The zero-order valence-corrected chi connectivity index (χ0v) is 29.9. The number of likely N-dealkylation sites (N-methyl/N-ethyl adjacent to an activating group) is 1. The number of thiophene rings is 1. The maximum Gasteiger partial charge on any atom is 0.337 e. The first kappa shape index (κ1) is 34.5. The summed E-state index contributed by atoms with van der Waals surface area (Å²) in [5.74, 6) is -0.849. The molecule has 2 saturated heterocycles. The number of nitrogens with one attached hydrogen (secondary N) is 1. The van der Waals surface area contributed by atoms with Crippen molar-refractivity contribution in [1.82, 2.24) is 10.2 Å². The van der Waals surface area contributed by atoms with Crippen molar-refractivity contribution in [3.05, 3.63) is 94.9 Å². The highest BCUT2D eigenvalue weighted by Gasteiger charge is 2.30. The molecular formula is C37H43N5O5S2. The summed E-state index contributed by atoms with van der Waals surface area (Å²) in [6.45, 7) is 6.33. The zero-order chi connectivity index (χ0) is 34.5. The Labute approximate surface area is 292 Å². The number of nitrogens with zero attached hydrogens (tertiary/aromatic N) is 4. The van der Waals surface area contributed by atoms with Crippen LogP contribution in [0.2, 0.25) is 0 Å². The smallest absolute Gasteiger partial charge is 0.337 e. The van der Waals surface area contributed by atoms with Crippen LogP contribution in [0.3, 0.4) is 0 Å². The summed E-state index contributed by atoms with van der Waals surface area (Å²) in [7, 11) is 0.786. The van der Waals surface area contributed by atoms with Crippen molar-refractivity contribution in [3.63, 3.8) is 0 Å². The van der Waals surface area contributed by atoms with Crippen molar-refractivity contribution in [1.29, 1.82) is 0 Å². The third kappa shape index (κ3) is 7.76. The fraction of sp³-hybridized carbons (Fsp3) is 0.351. The molecule has 2 fully saturated rings. The summed E-state index contributed by atoms with van der Waals surface area (Å²) >= 11 is 1.16. The number of carbonyl (C=O) groups excluding carboxylic acids is 2. The molecule has 0 saturated carbocycles. The van der Waals surface area contributed by atoms with Crippen LogP contribution in [0.15, 0.2) is 83.8 Å². The van der Waals surface area contributed by atoms with E-state index in [0.29, 0.717) is 27.5 Å². The van der Waals surface area contributed by atoms with Crippen LogP contribution in [0.5, 0.6) is 0 Å². The van der Waals surface area contributed by atoms with Gasteiger partial charge in [-0.2, -0.15) is 0 Å². The average molecular weight is 702 g/mol. The molecule has 2 aliphatic rings. The molecule has 1 amide bonds. The Kier molecular flexibility index (Phi) is 10.6. The van der Waals surface area contributed by atoms with Crippen LogP contribution in [-0.4, -0.2) is 85.7 Å². The second kappa shape index (κ2) is 15.0. The summed E-state index contributed by atoms with van der Waals surface area (Å²) in [6, 6.07) is 23.8. The number of piperazine rings is 1. The van der Waals surface area contributed by atoms with Gasteiger partial charge in [-0.05, 0) is 92.0 Å². The molecule has 4 aromatic rings.